The molecule has 1 unspecified atom stereocenters. The second-order valence-electron chi connectivity index (χ2n) is 8.63. The van der Waals surface area contributed by atoms with Gasteiger partial charge >= 0.3 is 0 Å². The number of hydrogen-bond acceptors (Lipinski definition) is 5. The van der Waals surface area contributed by atoms with Crippen LogP contribution in [0.5, 0.6) is 0 Å². The Balaban J connectivity index is 1.51. The molecule has 0 spiro atoms. The Hall–Kier alpha value is -3.86. The van der Waals surface area contributed by atoms with E-state index in [2.05, 4.69) is 30.8 Å². The molecule has 1 saturated carbocycles. The van der Waals surface area contributed by atoms with Crippen LogP contribution in [0.15, 0.2) is 54.9 Å². The van der Waals surface area contributed by atoms with E-state index in [-0.39, 0.29) is 5.91 Å². The highest BCUT2D eigenvalue weighted by Crippen LogP contribution is 2.29. The normalized spacial score (nSPS) is 14.4. The van der Waals surface area contributed by atoms with Gasteiger partial charge in [0, 0.05) is 31.5 Å². The quantitative estimate of drug-likeness (QED) is 0.376. The van der Waals surface area contributed by atoms with Crippen LogP contribution in [0.2, 0.25) is 0 Å². The molecular weight excluding hydrogens is 426 g/mol. The van der Waals surface area contributed by atoms with Gasteiger partial charge in [-0.05, 0) is 37.0 Å². The zero-order valence-corrected chi connectivity index (χ0v) is 19.5. The molecule has 1 amide bonds. The number of benzene rings is 1. The minimum Gasteiger partial charge on any atom is -0.358 e. The molecule has 1 aliphatic carbocycles. The van der Waals surface area contributed by atoms with Crippen LogP contribution in [0.3, 0.4) is 0 Å². The highest BCUT2D eigenvalue weighted by molar-refractivity contribution is 5.84. The van der Waals surface area contributed by atoms with Crippen LogP contribution in [-0.2, 0) is 11.3 Å². The van der Waals surface area contributed by atoms with Gasteiger partial charge < -0.3 is 20.5 Å². The molecule has 3 N–H and O–H groups in total. The second-order valence-corrected chi connectivity index (χ2v) is 8.63. The molecule has 0 aliphatic heterocycles. The van der Waals surface area contributed by atoms with Crippen LogP contribution < -0.4 is 16.0 Å². The lowest BCUT2D eigenvalue weighted by molar-refractivity contribution is -0.122. The van der Waals surface area contributed by atoms with Crippen LogP contribution in [0.4, 0.5) is 17.5 Å². The average molecular weight is 458 g/mol. The van der Waals surface area contributed by atoms with Crippen molar-refractivity contribution in [3.63, 3.8) is 0 Å². The summed E-state index contributed by atoms with van der Waals surface area (Å²) in [5.41, 5.74) is 1.56. The number of amides is 1. The minimum atomic E-state index is -0.396. The summed E-state index contributed by atoms with van der Waals surface area (Å²) in [5, 5.41) is 9.66. The van der Waals surface area contributed by atoms with Crippen LogP contribution >= 0.6 is 0 Å². The van der Waals surface area contributed by atoms with Crippen molar-refractivity contribution in [3.05, 3.63) is 71.8 Å². The largest absolute Gasteiger partial charge is 0.358 e. The molecule has 34 heavy (non-hydrogen) atoms. The van der Waals surface area contributed by atoms with Crippen LogP contribution in [-0.4, -0.2) is 33.0 Å². The molecule has 1 atom stereocenters. The fourth-order valence-corrected chi connectivity index (χ4v) is 4.36. The van der Waals surface area contributed by atoms with Gasteiger partial charge in [-0.2, -0.15) is 9.97 Å². The summed E-state index contributed by atoms with van der Waals surface area (Å²) < 4.78 is 1.92. The number of carbonyl (C=O) groups is 1. The Morgan fingerprint density at radius 3 is 2.59 bits per heavy atom. The van der Waals surface area contributed by atoms with Gasteiger partial charge in [-0.15, -0.1) is 0 Å². The summed E-state index contributed by atoms with van der Waals surface area (Å²) in [5.74, 6) is 2.36. The van der Waals surface area contributed by atoms with Gasteiger partial charge in [0.1, 0.15) is 17.7 Å². The first kappa shape index (κ1) is 23.3. The Labute approximate surface area is 200 Å². The third kappa shape index (κ3) is 6.13. The van der Waals surface area contributed by atoms with E-state index in [1.807, 2.05) is 54.2 Å². The minimum absolute atomic E-state index is 0.0488. The number of anilines is 2. The monoisotopic (exact) mass is 457 g/mol. The highest BCUT2D eigenvalue weighted by Gasteiger charge is 2.26. The van der Waals surface area contributed by atoms with Crippen LogP contribution in [0.1, 0.15) is 44.6 Å². The van der Waals surface area contributed by atoms with Crippen LogP contribution in [0.25, 0.3) is 10.7 Å². The number of nitrogens with one attached hydrogen (secondary N) is 3. The van der Waals surface area contributed by atoms with E-state index in [0.717, 1.165) is 30.6 Å². The van der Waals surface area contributed by atoms with Crippen molar-refractivity contribution in [2.75, 3.05) is 17.2 Å². The van der Waals surface area contributed by atoms with Gasteiger partial charge in [0.05, 0.1) is 6.57 Å². The Morgan fingerprint density at radius 1 is 1.18 bits per heavy atom. The Kier molecular flexibility index (Phi) is 7.76. The van der Waals surface area contributed by atoms with Crippen LogP contribution in [0, 0.1) is 12.5 Å². The molecule has 8 nitrogen and oxygen atoms in total. The third-order valence-electron chi connectivity index (χ3n) is 6.13. The summed E-state index contributed by atoms with van der Waals surface area (Å²) in [6.07, 6.45) is 9.40. The first-order valence-electron chi connectivity index (χ1n) is 11.9. The van der Waals surface area contributed by atoms with E-state index >= 15 is 0 Å². The maximum Gasteiger partial charge on any atom is 0.242 e. The first-order chi connectivity index (χ1) is 16.6. The van der Waals surface area contributed by atoms with E-state index in [0.29, 0.717) is 36.5 Å². The lowest BCUT2D eigenvalue weighted by Crippen LogP contribution is -2.40. The fourth-order valence-electron chi connectivity index (χ4n) is 4.36. The molecule has 0 radical (unpaired) electrons. The topological polar surface area (TPSA) is 88.2 Å². The van der Waals surface area contributed by atoms with E-state index in [4.69, 9.17) is 6.57 Å². The number of carbonyl (C=O) groups excluding carboxylic acids is 1. The molecule has 1 aliphatic rings. The van der Waals surface area contributed by atoms with Crippen molar-refractivity contribution >= 4 is 23.4 Å². The molecule has 176 valence electrons. The summed E-state index contributed by atoms with van der Waals surface area (Å²) in [4.78, 5) is 25.9. The summed E-state index contributed by atoms with van der Waals surface area (Å²) in [6.45, 7) is 10.2. The summed E-state index contributed by atoms with van der Waals surface area (Å²) in [7, 11) is 0. The van der Waals surface area contributed by atoms with Crippen molar-refractivity contribution in [1.29, 1.82) is 0 Å². The summed E-state index contributed by atoms with van der Waals surface area (Å²) >= 11 is 0. The lowest BCUT2D eigenvalue weighted by Gasteiger charge is -2.22. The predicted molar refractivity (Wildman–Crippen MR) is 134 cm³/mol. The third-order valence-corrected chi connectivity index (χ3v) is 6.13. The molecule has 1 fully saturated rings. The Morgan fingerprint density at radius 2 is 1.91 bits per heavy atom. The molecule has 8 heteroatoms. The average Bonchev–Trinajstić information content (AvgIpc) is 3.57. The van der Waals surface area contributed by atoms with Gasteiger partial charge in [-0.25, -0.2) is 4.85 Å². The molecule has 0 saturated heterocycles. The standard InChI is InChI=1S/C26H31N7O/c1-3-28-26-31-23(17-24(32-26)33-14-6-7-15-33)30-22(16-19-8-4-5-9-19)25(34)29-18-20-10-12-21(27-2)13-11-20/h6-7,10-15,17,19,22H,3-5,8-9,16,18H2,1H3,(H,29,34)(H2,28,30,31,32). The van der Waals surface area contributed by atoms with Gasteiger partial charge in [-0.1, -0.05) is 49.9 Å². The zero-order valence-electron chi connectivity index (χ0n) is 19.5. The van der Waals surface area contributed by atoms with Gasteiger partial charge in [0.25, 0.3) is 0 Å². The smallest absolute Gasteiger partial charge is 0.242 e. The van der Waals surface area contributed by atoms with E-state index < -0.39 is 6.04 Å². The Bertz CT molecular complexity index is 1110. The predicted octanol–water partition coefficient (Wildman–Crippen LogP) is 4.93. The van der Waals surface area contributed by atoms with E-state index in [1.165, 1.54) is 12.8 Å². The summed E-state index contributed by atoms with van der Waals surface area (Å²) in [6, 6.07) is 12.7. The maximum atomic E-state index is 13.3. The number of nitrogens with zero attached hydrogens (tertiary/aromatic N) is 4. The molecule has 1 aromatic carbocycles. The van der Waals surface area contributed by atoms with Crippen molar-refractivity contribution < 1.29 is 4.79 Å². The molecular formula is C26H31N7O. The molecule has 4 rings (SSSR count). The van der Waals surface area contributed by atoms with Crippen molar-refractivity contribution in [2.24, 2.45) is 5.92 Å². The van der Waals surface area contributed by atoms with Gasteiger partial charge in [0.2, 0.25) is 11.9 Å². The van der Waals surface area contributed by atoms with Crippen molar-refractivity contribution in [3.8, 4) is 5.82 Å². The number of rotatable bonds is 10. The van der Waals surface area contributed by atoms with E-state index in [9.17, 15) is 4.79 Å². The van der Waals surface area contributed by atoms with E-state index in [1.54, 1.807) is 12.1 Å². The SMILES string of the molecule is [C-]#[N+]c1ccc(CNC(=O)C(CC2CCCC2)Nc2cc(-n3cccc3)nc(NCC)n2)cc1. The number of aromatic nitrogens is 3. The van der Waals surface area contributed by atoms with Gasteiger partial charge in [-0.3, -0.25) is 4.79 Å². The van der Waals surface area contributed by atoms with Gasteiger partial charge in [0.15, 0.2) is 5.69 Å². The first-order valence-corrected chi connectivity index (χ1v) is 11.9. The second kappa shape index (κ2) is 11.3. The van der Waals surface area contributed by atoms with Crippen molar-refractivity contribution in [2.45, 2.75) is 51.6 Å². The lowest BCUT2D eigenvalue weighted by atomic mass is 9.97. The van der Waals surface area contributed by atoms with Crippen molar-refractivity contribution in [1.82, 2.24) is 19.9 Å². The maximum absolute atomic E-state index is 13.3. The zero-order chi connectivity index (χ0) is 23.8. The molecule has 0 bridgehead atoms. The highest BCUT2D eigenvalue weighted by atomic mass is 16.2. The number of hydrogen-bond donors (Lipinski definition) is 3. The molecule has 3 aromatic rings. The fraction of sp³-hybridized carbons (Fsp3) is 0.385. The molecule has 2 aromatic heterocycles. The molecule has 2 heterocycles.